The van der Waals surface area contributed by atoms with E-state index in [1.807, 2.05) is 31.1 Å². The maximum Gasteiger partial charge on any atom is 1.00 e. The molecule has 0 aromatic heterocycles. The Hall–Kier alpha value is -0.720. The minimum absolute atomic E-state index is 0. The molecule has 0 unspecified atom stereocenters. The first-order valence-electron chi connectivity index (χ1n) is 20.3. The first-order chi connectivity index (χ1) is 23.5. The van der Waals surface area contributed by atoms with E-state index in [1.165, 1.54) is 161 Å². The van der Waals surface area contributed by atoms with Crippen molar-refractivity contribution in [3.8, 4) is 0 Å². The van der Waals surface area contributed by atoms with Crippen LogP contribution >= 0.6 is 0 Å². The SMILES string of the molecule is C=O.CCCCCCCCCCCCCCCCc1cc2ccccc2c(S(=O)(=O)[O-])c1CCCCCCCCCCCCCCCC.[Na+]. The van der Waals surface area contributed by atoms with Crippen LogP contribution in [0.4, 0.5) is 0 Å². The number of carbonyl (C=O) groups excluding carboxylic acids is 1. The normalized spacial score (nSPS) is 11.3. The van der Waals surface area contributed by atoms with Crippen LogP contribution in [0.1, 0.15) is 205 Å². The minimum Gasteiger partial charge on any atom is -0.744 e. The minimum atomic E-state index is -4.56. The molecule has 0 aliphatic rings. The van der Waals surface area contributed by atoms with Crippen molar-refractivity contribution in [1.82, 2.24) is 0 Å². The third kappa shape index (κ3) is 23.5. The molecule has 6 heteroatoms. The average Bonchev–Trinajstić information content (AvgIpc) is 3.08. The Kier molecular flexibility index (Phi) is 32.7. The summed E-state index contributed by atoms with van der Waals surface area (Å²) in [7, 11) is -4.56. The topological polar surface area (TPSA) is 74.3 Å². The molecule has 0 aliphatic carbocycles. The number of aryl methyl sites for hydroxylation is 1. The van der Waals surface area contributed by atoms with Gasteiger partial charge in [0.2, 0.25) is 0 Å². The molecule has 0 aliphatic heterocycles. The first-order valence-corrected chi connectivity index (χ1v) is 21.7. The number of benzene rings is 2. The average molecular weight is 709 g/mol. The molecule has 0 radical (unpaired) electrons. The summed E-state index contributed by atoms with van der Waals surface area (Å²) in [5, 5.41) is 1.48. The summed E-state index contributed by atoms with van der Waals surface area (Å²) in [6.45, 7) is 6.55. The summed E-state index contributed by atoms with van der Waals surface area (Å²) in [4.78, 5) is 8.06. The van der Waals surface area contributed by atoms with Crippen LogP contribution < -0.4 is 29.6 Å². The van der Waals surface area contributed by atoms with Gasteiger partial charge in [-0.25, -0.2) is 8.42 Å². The molecule has 0 atom stereocenters. The predicted molar refractivity (Wildman–Crippen MR) is 207 cm³/mol. The van der Waals surface area contributed by atoms with E-state index in [-0.39, 0.29) is 34.5 Å². The van der Waals surface area contributed by atoms with Crippen LogP contribution in [0.25, 0.3) is 10.8 Å². The van der Waals surface area contributed by atoms with Gasteiger partial charge in [0.25, 0.3) is 0 Å². The number of unbranched alkanes of at least 4 members (excludes halogenated alkanes) is 26. The van der Waals surface area contributed by atoms with Crippen molar-refractivity contribution in [2.75, 3.05) is 0 Å². The van der Waals surface area contributed by atoms with E-state index >= 15 is 0 Å². The molecule has 0 amide bonds. The second kappa shape index (κ2) is 33.1. The van der Waals surface area contributed by atoms with Gasteiger partial charge in [-0.3, -0.25) is 0 Å². The molecule has 0 saturated heterocycles. The van der Waals surface area contributed by atoms with Crippen molar-refractivity contribution in [2.24, 2.45) is 0 Å². The Bertz CT molecular complexity index is 1150. The Labute approximate surface area is 325 Å². The molecule has 2 rings (SSSR count). The first kappa shape index (κ1) is 48.3. The van der Waals surface area contributed by atoms with Crippen molar-refractivity contribution in [3.63, 3.8) is 0 Å². The summed E-state index contributed by atoms with van der Waals surface area (Å²) in [6, 6.07) is 9.72. The largest absolute Gasteiger partial charge is 1.00 e. The molecule has 0 spiro atoms. The van der Waals surface area contributed by atoms with E-state index in [4.69, 9.17) is 4.79 Å². The van der Waals surface area contributed by atoms with Gasteiger partial charge < -0.3 is 9.35 Å². The van der Waals surface area contributed by atoms with E-state index in [2.05, 4.69) is 19.9 Å². The van der Waals surface area contributed by atoms with Crippen molar-refractivity contribution >= 4 is 27.7 Å². The molecular formula is C43H73NaO4S. The molecule has 49 heavy (non-hydrogen) atoms. The molecule has 0 N–H and O–H groups in total. The number of carbonyl (C=O) groups is 1. The summed E-state index contributed by atoms with van der Waals surface area (Å²) < 4.78 is 37.8. The molecule has 0 heterocycles. The molecule has 0 saturated carbocycles. The molecule has 0 bridgehead atoms. The summed E-state index contributed by atoms with van der Waals surface area (Å²) >= 11 is 0. The van der Waals surface area contributed by atoms with Crippen molar-refractivity contribution in [1.29, 1.82) is 0 Å². The van der Waals surface area contributed by atoms with Crippen LogP contribution in [0.3, 0.4) is 0 Å². The van der Waals surface area contributed by atoms with Crippen LogP contribution in [-0.4, -0.2) is 19.8 Å². The molecule has 276 valence electrons. The fraction of sp³-hybridized carbons (Fsp3) is 0.744. The monoisotopic (exact) mass is 709 g/mol. The van der Waals surface area contributed by atoms with Crippen molar-refractivity contribution in [2.45, 2.75) is 211 Å². The summed E-state index contributed by atoms with van der Waals surface area (Å²) in [6.07, 6.45) is 38.3. The second-order valence-electron chi connectivity index (χ2n) is 14.2. The van der Waals surface area contributed by atoms with Gasteiger partial charge >= 0.3 is 29.6 Å². The Morgan fingerprint density at radius 2 is 0.837 bits per heavy atom. The number of hydrogen-bond acceptors (Lipinski definition) is 4. The third-order valence-electron chi connectivity index (χ3n) is 10.0. The van der Waals surface area contributed by atoms with Crippen LogP contribution in [0.15, 0.2) is 35.2 Å². The standard InChI is InChI=1S/C42H72O3S.CH2O.Na/c1-3-5-7-9-11-13-15-17-19-21-23-25-27-29-33-38-37-39-34-31-32-36-41(39)42(46(43,44)45)40(38)35-30-28-26-24-22-20-18-16-14-12-10-8-6-4-2;1-2;/h31-32,34,36-37H,3-30,33,35H2,1-2H3,(H,43,44,45);1H2;/q;;+1/p-1. The molecular weight excluding hydrogens is 636 g/mol. The van der Waals surface area contributed by atoms with Gasteiger partial charge in [-0.05, 0) is 47.6 Å². The van der Waals surface area contributed by atoms with Crippen molar-refractivity contribution in [3.05, 3.63) is 41.5 Å². The maximum absolute atomic E-state index is 12.6. The fourth-order valence-corrected chi connectivity index (χ4v) is 8.19. The zero-order chi connectivity index (χ0) is 35.1. The van der Waals surface area contributed by atoms with Gasteiger partial charge in [0.1, 0.15) is 16.9 Å². The Balaban J connectivity index is 0.00000753. The van der Waals surface area contributed by atoms with Gasteiger partial charge in [-0.1, -0.05) is 211 Å². The van der Waals surface area contributed by atoms with E-state index in [0.717, 1.165) is 42.2 Å². The molecule has 4 nitrogen and oxygen atoms in total. The van der Waals surface area contributed by atoms with Crippen LogP contribution in [0, 0.1) is 0 Å². The molecule has 2 aromatic rings. The van der Waals surface area contributed by atoms with Crippen LogP contribution in [-0.2, 0) is 27.8 Å². The maximum atomic E-state index is 12.6. The second-order valence-corrected chi connectivity index (χ2v) is 15.5. The van der Waals surface area contributed by atoms with Crippen molar-refractivity contribution < 1.29 is 47.3 Å². The van der Waals surface area contributed by atoms with E-state index in [1.54, 1.807) is 0 Å². The summed E-state index contributed by atoms with van der Waals surface area (Å²) in [5.41, 5.74) is 1.89. The number of fused-ring (bicyclic) bond motifs is 1. The van der Waals surface area contributed by atoms with Gasteiger partial charge in [0.15, 0.2) is 0 Å². The third-order valence-corrected chi connectivity index (χ3v) is 11.0. The predicted octanol–water partition coefficient (Wildman–Crippen LogP) is 10.6. The van der Waals surface area contributed by atoms with Gasteiger partial charge in [0, 0.05) is 0 Å². The zero-order valence-corrected chi connectivity index (χ0v) is 35.2. The van der Waals surface area contributed by atoms with Gasteiger partial charge in [0.05, 0.1) is 4.90 Å². The Morgan fingerprint density at radius 3 is 1.20 bits per heavy atom. The van der Waals surface area contributed by atoms with Gasteiger partial charge in [-0.2, -0.15) is 0 Å². The zero-order valence-electron chi connectivity index (χ0n) is 32.3. The van der Waals surface area contributed by atoms with E-state index in [0.29, 0.717) is 11.8 Å². The number of rotatable bonds is 31. The number of hydrogen-bond donors (Lipinski definition) is 0. The van der Waals surface area contributed by atoms with Gasteiger partial charge in [-0.15, -0.1) is 0 Å². The van der Waals surface area contributed by atoms with Crippen LogP contribution in [0.2, 0.25) is 0 Å². The summed E-state index contributed by atoms with van der Waals surface area (Å²) in [5.74, 6) is 0. The smallest absolute Gasteiger partial charge is 0.744 e. The molecule has 2 aromatic carbocycles. The fourth-order valence-electron chi connectivity index (χ4n) is 7.20. The van der Waals surface area contributed by atoms with E-state index < -0.39 is 10.1 Å². The molecule has 0 fully saturated rings. The Morgan fingerprint density at radius 1 is 0.510 bits per heavy atom. The quantitative estimate of drug-likeness (QED) is 0.0444. The van der Waals surface area contributed by atoms with Crippen LogP contribution in [0.5, 0.6) is 0 Å². The van der Waals surface area contributed by atoms with E-state index in [9.17, 15) is 13.0 Å².